The quantitative estimate of drug-likeness (QED) is 0.589. The molecule has 2 aromatic carbocycles. The van der Waals surface area contributed by atoms with E-state index in [1.54, 1.807) is 0 Å². The second kappa shape index (κ2) is 5.82. The van der Waals surface area contributed by atoms with Crippen LogP contribution < -0.4 is 0 Å². The minimum absolute atomic E-state index is 0.0964. The van der Waals surface area contributed by atoms with E-state index in [2.05, 4.69) is 17.1 Å². The van der Waals surface area contributed by atoms with E-state index in [0.717, 1.165) is 27.2 Å². The van der Waals surface area contributed by atoms with E-state index in [0.29, 0.717) is 6.42 Å². The molecule has 0 spiro atoms. The molecule has 0 N–H and O–H groups in total. The summed E-state index contributed by atoms with van der Waals surface area (Å²) in [5.41, 5.74) is 3.06. The predicted octanol–water partition coefficient (Wildman–Crippen LogP) is 5.41. The Morgan fingerprint density at radius 3 is 2.45 bits per heavy atom. The molecule has 1 unspecified atom stereocenters. The fourth-order valence-corrected chi connectivity index (χ4v) is 2.62. The third-order valence-electron chi connectivity index (χ3n) is 3.28. The third-order valence-corrected chi connectivity index (χ3v) is 3.93. The summed E-state index contributed by atoms with van der Waals surface area (Å²) in [5, 5.41) is 1.77. The summed E-state index contributed by atoms with van der Waals surface area (Å²) in [6.45, 7) is 0. The number of halogens is 2. The molecule has 0 saturated heterocycles. The van der Waals surface area contributed by atoms with Crippen molar-refractivity contribution >= 4 is 34.1 Å². The molecule has 0 aliphatic heterocycles. The van der Waals surface area contributed by atoms with Crippen LogP contribution in [-0.2, 0) is 6.42 Å². The fourth-order valence-electron chi connectivity index (χ4n) is 2.19. The second-order valence-corrected chi connectivity index (χ2v) is 5.68. The van der Waals surface area contributed by atoms with Gasteiger partial charge in [0.2, 0.25) is 0 Å². The SMILES string of the molecule is Clc1ccc(C(Cl)Cc2ccc3ccccc3n2)cc1. The molecule has 0 fully saturated rings. The Hall–Kier alpha value is -1.57. The van der Waals surface area contributed by atoms with Crippen LogP contribution in [0.3, 0.4) is 0 Å². The van der Waals surface area contributed by atoms with E-state index >= 15 is 0 Å². The minimum atomic E-state index is -0.0964. The zero-order chi connectivity index (χ0) is 13.9. The molecule has 1 atom stereocenters. The Morgan fingerprint density at radius 2 is 1.65 bits per heavy atom. The van der Waals surface area contributed by atoms with E-state index in [4.69, 9.17) is 23.2 Å². The van der Waals surface area contributed by atoms with Crippen molar-refractivity contribution < 1.29 is 0 Å². The summed E-state index contributed by atoms with van der Waals surface area (Å²) in [5.74, 6) is 0. The van der Waals surface area contributed by atoms with Gasteiger partial charge < -0.3 is 0 Å². The number of pyridine rings is 1. The highest BCUT2D eigenvalue weighted by Gasteiger charge is 2.10. The van der Waals surface area contributed by atoms with Gasteiger partial charge in [0.25, 0.3) is 0 Å². The predicted molar refractivity (Wildman–Crippen MR) is 85.5 cm³/mol. The van der Waals surface area contributed by atoms with Crippen LogP contribution in [0.1, 0.15) is 16.6 Å². The van der Waals surface area contributed by atoms with Gasteiger partial charge in [-0.15, -0.1) is 11.6 Å². The summed E-state index contributed by atoms with van der Waals surface area (Å²) in [6, 6.07) is 19.9. The molecule has 3 rings (SSSR count). The average molecular weight is 302 g/mol. The number of fused-ring (bicyclic) bond motifs is 1. The van der Waals surface area contributed by atoms with Crippen LogP contribution in [0, 0.1) is 0 Å². The molecule has 0 radical (unpaired) electrons. The number of rotatable bonds is 3. The first-order chi connectivity index (χ1) is 9.72. The van der Waals surface area contributed by atoms with Crippen molar-refractivity contribution in [3.8, 4) is 0 Å². The van der Waals surface area contributed by atoms with Gasteiger partial charge in [0.15, 0.2) is 0 Å². The van der Waals surface area contributed by atoms with Gasteiger partial charge in [0, 0.05) is 22.5 Å². The zero-order valence-corrected chi connectivity index (χ0v) is 12.3. The molecular formula is C17H13Cl2N. The van der Waals surface area contributed by atoms with Crippen LogP contribution in [-0.4, -0.2) is 4.98 Å². The van der Waals surface area contributed by atoms with Gasteiger partial charge in [-0.05, 0) is 29.8 Å². The summed E-state index contributed by atoms with van der Waals surface area (Å²) < 4.78 is 0. The highest BCUT2D eigenvalue weighted by Crippen LogP contribution is 2.26. The summed E-state index contributed by atoms with van der Waals surface area (Å²) in [7, 11) is 0. The van der Waals surface area contributed by atoms with Crippen LogP contribution in [0.15, 0.2) is 60.7 Å². The molecule has 0 amide bonds. The summed E-state index contributed by atoms with van der Waals surface area (Å²) >= 11 is 12.3. The van der Waals surface area contributed by atoms with Gasteiger partial charge in [0.1, 0.15) is 0 Å². The van der Waals surface area contributed by atoms with Crippen molar-refractivity contribution in [2.75, 3.05) is 0 Å². The molecule has 0 aliphatic rings. The van der Waals surface area contributed by atoms with E-state index in [1.165, 1.54) is 0 Å². The molecule has 1 heterocycles. The van der Waals surface area contributed by atoms with Crippen LogP contribution in [0.4, 0.5) is 0 Å². The topological polar surface area (TPSA) is 12.9 Å². The van der Waals surface area contributed by atoms with Crippen LogP contribution >= 0.6 is 23.2 Å². The summed E-state index contributed by atoms with van der Waals surface area (Å²) in [6.07, 6.45) is 0.702. The standard InChI is InChI=1S/C17H13Cl2N/c18-14-8-5-12(6-9-14)16(19)11-15-10-7-13-3-1-2-4-17(13)20-15/h1-10,16H,11H2. The van der Waals surface area contributed by atoms with E-state index < -0.39 is 0 Å². The summed E-state index contributed by atoms with van der Waals surface area (Å²) in [4.78, 5) is 4.65. The molecule has 0 aliphatic carbocycles. The van der Waals surface area contributed by atoms with Gasteiger partial charge in [-0.1, -0.05) is 48.0 Å². The van der Waals surface area contributed by atoms with E-state index in [1.807, 2.05) is 48.5 Å². The number of hydrogen-bond donors (Lipinski definition) is 0. The molecular weight excluding hydrogens is 289 g/mol. The maximum absolute atomic E-state index is 6.46. The monoisotopic (exact) mass is 301 g/mol. The normalized spacial score (nSPS) is 12.5. The number of nitrogens with zero attached hydrogens (tertiary/aromatic N) is 1. The average Bonchev–Trinajstić information content (AvgIpc) is 2.48. The van der Waals surface area contributed by atoms with Crippen LogP contribution in [0.25, 0.3) is 10.9 Å². The highest BCUT2D eigenvalue weighted by atomic mass is 35.5. The van der Waals surface area contributed by atoms with Gasteiger partial charge in [-0.2, -0.15) is 0 Å². The van der Waals surface area contributed by atoms with Gasteiger partial charge >= 0.3 is 0 Å². The van der Waals surface area contributed by atoms with Crippen LogP contribution in [0.5, 0.6) is 0 Å². The molecule has 20 heavy (non-hydrogen) atoms. The molecule has 1 aromatic heterocycles. The second-order valence-electron chi connectivity index (χ2n) is 4.72. The van der Waals surface area contributed by atoms with Gasteiger partial charge in [-0.25, -0.2) is 0 Å². The third kappa shape index (κ3) is 2.95. The fraction of sp³-hybridized carbons (Fsp3) is 0.118. The Kier molecular flexibility index (Phi) is 3.90. The number of alkyl halides is 1. The number of benzene rings is 2. The highest BCUT2D eigenvalue weighted by molar-refractivity contribution is 6.30. The zero-order valence-electron chi connectivity index (χ0n) is 10.8. The first kappa shape index (κ1) is 13.4. The number of para-hydroxylation sites is 1. The van der Waals surface area contributed by atoms with Gasteiger partial charge in [-0.3, -0.25) is 4.98 Å². The lowest BCUT2D eigenvalue weighted by Crippen LogP contribution is -1.98. The van der Waals surface area contributed by atoms with E-state index in [9.17, 15) is 0 Å². The lowest BCUT2D eigenvalue weighted by molar-refractivity contribution is 0.888. The Labute approximate surface area is 128 Å². The van der Waals surface area contributed by atoms with Crippen molar-refractivity contribution in [3.05, 3.63) is 76.9 Å². The molecule has 0 saturated carbocycles. The first-order valence-corrected chi connectivity index (χ1v) is 7.28. The van der Waals surface area contributed by atoms with Crippen LogP contribution in [0.2, 0.25) is 5.02 Å². The van der Waals surface area contributed by atoms with Crippen molar-refractivity contribution in [3.63, 3.8) is 0 Å². The molecule has 1 nitrogen and oxygen atoms in total. The van der Waals surface area contributed by atoms with E-state index in [-0.39, 0.29) is 5.38 Å². The van der Waals surface area contributed by atoms with Crippen molar-refractivity contribution in [1.82, 2.24) is 4.98 Å². The Morgan fingerprint density at radius 1 is 0.900 bits per heavy atom. The van der Waals surface area contributed by atoms with Crippen molar-refractivity contribution in [2.45, 2.75) is 11.8 Å². The van der Waals surface area contributed by atoms with Crippen molar-refractivity contribution in [2.24, 2.45) is 0 Å². The minimum Gasteiger partial charge on any atom is -0.253 e. The molecule has 100 valence electrons. The lowest BCUT2D eigenvalue weighted by Gasteiger charge is -2.10. The largest absolute Gasteiger partial charge is 0.253 e. The molecule has 3 heteroatoms. The lowest BCUT2D eigenvalue weighted by atomic mass is 10.1. The smallest absolute Gasteiger partial charge is 0.0705 e. The first-order valence-electron chi connectivity index (χ1n) is 6.46. The van der Waals surface area contributed by atoms with Gasteiger partial charge in [0.05, 0.1) is 10.9 Å². The number of aromatic nitrogens is 1. The maximum Gasteiger partial charge on any atom is 0.0705 e. The number of hydrogen-bond acceptors (Lipinski definition) is 1. The Balaban J connectivity index is 1.83. The Bertz CT molecular complexity index is 722. The molecule has 3 aromatic rings. The maximum atomic E-state index is 6.46. The molecule has 0 bridgehead atoms. The van der Waals surface area contributed by atoms with Crippen molar-refractivity contribution in [1.29, 1.82) is 0 Å².